The van der Waals surface area contributed by atoms with E-state index in [4.69, 9.17) is 5.73 Å². The summed E-state index contributed by atoms with van der Waals surface area (Å²) in [6, 6.07) is 1.87. The molecule has 0 spiro atoms. The SMILES string of the molecule is CCOC(=O)C(O)C(O)c1ccc(N)nc1C(F)(F)F. The van der Waals surface area contributed by atoms with Gasteiger partial charge in [0.1, 0.15) is 11.9 Å². The van der Waals surface area contributed by atoms with E-state index in [-0.39, 0.29) is 6.61 Å². The molecular formula is C11H13F3N2O4. The van der Waals surface area contributed by atoms with Crippen molar-refractivity contribution in [2.45, 2.75) is 25.3 Å². The van der Waals surface area contributed by atoms with Crippen LogP contribution in [0.15, 0.2) is 12.1 Å². The lowest BCUT2D eigenvalue weighted by Crippen LogP contribution is -2.31. The summed E-state index contributed by atoms with van der Waals surface area (Å²) in [6.07, 6.45) is -9.17. The predicted molar refractivity (Wildman–Crippen MR) is 61.3 cm³/mol. The largest absolute Gasteiger partial charge is 0.464 e. The summed E-state index contributed by atoms with van der Waals surface area (Å²) in [4.78, 5) is 14.3. The Morgan fingerprint density at radius 2 is 2.05 bits per heavy atom. The number of anilines is 1. The number of alkyl halides is 3. The number of nitrogens with zero attached hydrogens (tertiary/aromatic N) is 1. The van der Waals surface area contributed by atoms with Crippen LogP contribution in [0.4, 0.5) is 19.0 Å². The molecule has 1 aromatic rings. The Morgan fingerprint density at radius 3 is 2.55 bits per heavy atom. The van der Waals surface area contributed by atoms with Crippen molar-refractivity contribution in [1.82, 2.24) is 4.98 Å². The Labute approximate surface area is 112 Å². The summed E-state index contributed by atoms with van der Waals surface area (Å²) in [6.45, 7) is 1.36. The molecule has 0 saturated heterocycles. The van der Waals surface area contributed by atoms with Gasteiger partial charge >= 0.3 is 12.1 Å². The molecule has 0 aliphatic rings. The minimum atomic E-state index is -4.89. The Bertz CT molecular complexity index is 493. The van der Waals surface area contributed by atoms with Crippen molar-refractivity contribution in [2.75, 3.05) is 12.3 Å². The second kappa shape index (κ2) is 6.06. The smallest absolute Gasteiger partial charge is 0.433 e. The highest BCUT2D eigenvalue weighted by atomic mass is 19.4. The number of esters is 1. The molecule has 0 aromatic carbocycles. The third-order valence-electron chi connectivity index (χ3n) is 2.36. The van der Waals surface area contributed by atoms with Gasteiger partial charge in [0.25, 0.3) is 0 Å². The van der Waals surface area contributed by atoms with Crippen molar-refractivity contribution >= 4 is 11.8 Å². The molecule has 0 aliphatic heterocycles. The number of nitrogens with two attached hydrogens (primary N) is 1. The van der Waals surface area contributed by atoms with Crippen LogP contribution < -0.4 is 5.73 Å². The van der Waals surface area contributed by atoms with Crippen molar-refractivity contribution in [3.8, 4) is 0 Å². The van der Waals surface area contributed by atoms with E-state index in [9.17, 15) is 28.2 Å². The van der Waals surface area contributed by atoms with Gasteiger partial charge in [-0.05, 0) is 13.0 Å². The van der Waals surface area contributed by atoms with Crippen LogP contribution in [0.1, 0.15) is 24.3 Å². The standard InChI is InChI=1S/C11H13F3N2O4/c1-2-20-10(19)8(18)7(17)5-3-4-6(15)16-9(5)11(12,13)14/h3-4,7-8,17-18H,2H2,1H3,(H2,15,16). The van der Waals surface area contributed by atoms with Crippen LogP contribution in [-0.4, -0.2) is 33.9 Å². The molecule has 20 heavy (non-hydrogen) atoms. The fourth-order valence-corrected chi connectivity index (χ4v) is 1.48. The molecule has 0 saturated carbocycles. The third-order valence-corrected chi connectivity index (χ3v) is 2.36. The molecule has 1 aromatic heterocycles. The van der Waals surface area contributed by atoms with Gasteiger partial charge in [-0.3, -0.25) is 0 Å². The van der Waals surface area contributed by atoms with Gasteiger partial charge in [-0.1, -0.05) is 6.07 Å². The third kappa shape index (κ3) is 3.58. The molecule has 2 atom stereocenters. The Morgan fingerprint density at radius 1 is 1.45 bits per heavy atom. The van der Waals surface area contributed by atoms with Crippen LogP contribution in [0.25, 0.3) is 0 Å². The number of aliphatic hydroxyl groups excluding tert-OH is 2. The first-order valence-electron chi connectivity index (χ1n) is 5.54. The number of hydrogen-bond donors (Lipinski definition) is 3. The number of ether oxygens (including phenoxy) is 1. The molecule has 1 heterocycles. The van der Waals surface area contributed by atoms with Gasteiger partial charge in [-0.2, -0.15) is 13.2 Å². The van der Waals surface area contributed by atoms with Crippen LogP contribution in [0.2, 0.25) is 0 Å². The van der Waals surface area contributed by atoms with Crippen LogP contribution in [0, 0.1) is 0 Å². The lowest BCUT2D eigenvalue weighted by molar-refractivity contribution is -0.161. The lowest BCUT2D eigenvalue weighted by atomic mass is 10.0. The first kappa shape index (κ1) is 16.2. The highest BCUT2D eigenvalue weighted by Crippen LogP contribution is 2.34. The maximum atomic E-state index is 12.8. The van der Waals surface area contributed by atoms with E-state index in [1.165, 1.54) is 6.92 Å². The summed E-state index contributed by atoms with van der Waals surface area (Å²) in [5.41, 5.74) is 2.94. The first-order chi connectivity index (χ1) is 9.18. The number of carbonyl (C=O) groups is 1. The molecule has 0 amide bonds. The molecule has 9 heteroatoms. The van der Waals surface area contributed by atoms with Gasteiger partial charge in [0.2, 0.25) is 0 Å². The highest BCUT2D eigenvalue weighted by Gasteiger charge is 2.40. The first-order valence-corrected chi connectivity index (χ1v) is 5.54. The number of carbonyl (C=O) groups excluding carboxylic acids is 1. The van der Waals surface area contributed by atoms with Gasteiger partial charge < -0.3 is 20.7 Å². The van der Waals surface area contributed by atoms with Crippen molar-refractivity contribution < 1.29 is 32.9 Å². The zero-order valence-corrected chi connectivity index (χ0v) is 10.4. The molecular weight excluding hydrogens is 281 g/mol. The van der Waals surface area contributed by atoms with E-state index in [0.29, 0.717) is 0 Å². The van der Waals surface area contributed by atoms with E-state index >= 15 is 0 Å². The van der Waals surface area contributed by atoms with Crippen molar-refractivity contribution in [3.05, 3.63) is 23.4 Å². The average molecular weight is 294 g/mol. The molecule has 0 bridgehead atoms. The lowest BCUT2D eigenvalue weighted by Gasteiger charge is -2.20. The average Bonchev–Trinajstić information content (AvgIpc) is 2.36. The van der Waals surface area contributed by atoms with Crippen LogP contribution in [-0.2, 0) is 15.7 Å². The number of aromatic nitrogens is 1. The van der Waals surface area contributed by atoms with Gasteiger partial charge in [0.05, 0.1) is 6.61 Å². The van der Waals surface area contributed by atoms with E-state index in [1.54, 1.807) is 0 Å². The Hall–Kier alpha value is -1.87. The number of nitrogen functional groups attached to an aromatic ring is 1. The fourth-order valence-electron chi connectivity index (χ4n) is 1.48. The predicted octanol–water partition coefficient (Wildman–Crippen LogP) is 0.640. The zero-order valence-electron chi connectivity index (χ0n) is 10.4. The van der Waals surface area contributed by atoms with Crippen molar-refractivity contribution in [2.24, 2.45) is 0 Å². The monoisotopic (exact) mass is 294 g/mol. The number of hydrogen-bond acceptors (Lipinski definition) is 6. The second-order valence-corrected chi connectivity index (χ2v) is 3.81. The molecule has 0 aliphatic carbocycles. The zero-order chi connectivity index (χ0) is 15.5. The Balaban J connectivity index is 3.16. The summed E-state index contributed by atoms with van der Waals surface area (Å²) in [7, 11) is 0. The molecule has 6 nitrogen and oxygen atoms in total. The quantitative estimate of drug-likeness (QED) is 0.704. The molecule has 0 fully saturated rings. The summed E-state index contributed by atoms with van der Waals surface area (Å²) < 4.78 is 42.7. The second-order valence-electron chi connectivity index (χ2n) is 3.81. The summed E-state index contributed by atoms with van der Waals surface area (Å²) in [5.74, 6) is -1.64. The van der Waals surface area contributed by atoms with Crippen molar-refractivity contribution in [3.63, 3.8) is 0 Å². The van der Waals surface area contributed by atoms with Crippen LogP contribution in [0.3, 0.4) is 0 Å². The van der Waals surface area contributed by atoms with Gasteiger partial charge in [0.15, 0.2) is 11.8 Å². The number of aliphatic hydroxyl groups is 2. The molecule has 1 rings (SSSR count). The van der Waals surface area contributed by atoms with E-state index in [1.807, 2.05) is 0 Å². The maximum absolute atomic E-state index is 12.8. The minimum absolute atomic E-state index is 0.0886. The van der Waals surface area contributed by atoms with Gasteiger partial charge in [0, 0.05) is 5.56 Å². The highest BCUT2D eigenvalue weighted by molar-refractivity contribution is 5.75. The Kier molecular flexibility index (Phi) is 4.90. The van der Waals surface area contributed by atoms with E-state index in [2.05, 4.69) is 9.72 Å². The number of pyridine rings is 1. The topological polar surface area (TPSA) is 106 Å². The summed E-state index contributed by atoms with van der Waals surface area (Å²) in [5, 5.41) is 19.2. The minimum Gasteiger partial charge on any atom is -0.464 e. The van der Waals surface area contributed by atoms with Gasteiger partial charge in [-0.25, -0.2) is 9.78 Å². The number of rotatable bonds is 4. The van der Waals surface area contributed by atoms with E-state index < -0.39 is 41.4 Å². The molecule has 2 unspecified atom stereocenters. The molecule has 4 N–H and O–H groups in total. The number of halogens is 3. The van der Waals surface area contributed by atoms with Gasteiger partial charge in [-0.15, -0.1) is 0 Å². The summed E-state index contributed by atoms with van der Waals surface area (Å²) >= 11 is 0. The molecule has 112 valence electrons. The molecule has 0 radical (unpaired) electrons. The van der Waals surface area contributed by atoms with Crippen molar-refractivity contribution in [1.29, 1.82) is 0 Å². The van der Waals surface area contributed by atoms with Crippen LogP contribution in [0.5, 0.6) is 0 Å². The van der Waals surface area contributed by atoms with E-state index in [0.717, 1.165) is 12.1 Å². The van der Waals surface area contributed by atoms with Crippen LogP contribution >= 0.6 is 0 Å². The normalized spacial score (nSPS) is 14.7. The fraction of sp³-hybridized carbons (Fsp3) is 0.455. The maximum Gasteiger partial charge on any atom is 0.433 e.